The maximum Gasteiger partial charge on any atom is 0.271 e. The predicted molar refractivity (Wildman–Crippen MR) is 89.8 cm³/mol. The van der Waals surface area contributed by atoms with Gasteiger partial charge in [0.25, 0.3) is 5.91 Å². The number of methoxy groups -OCH3 is 1. The molecule has 1 amide bonds. The van der Waals surface area contributed by atoms with Crippen molar-refractivity contribution in [2.24, 2.45) is 5.10 Å². The Kier molecular flexibility index (Phi) is 4.29. The fraction of sp³-hybridized carbons (Fsp3) is 0.0556. The highest BCUT2D eigenvalue weighted by Crippen LogP contribution is 2.27. The van der Waals surface area contributed by atoms with Crippen LogP contribution in [0.1, 0.15) is 15.9 Å². The molecule has 0 spiro atoms. The van der Waals surface area contributed by atoms with Crippen molar-refractivity contribution in [3.05, 3.63) is 72.1 Å². The molecule has 0 saturated heterocycles. The summed E-state index contributed by atoms with van der Waals surface area (Å²) < 4.78 is 5.36. The Labute approximate surface area is 133 Å². The minimum atomic E-state index is -0.276. The Morgan fingerprint density at radius 1 is 1.09 bits per heavy atom. The number of hydrogen-bond donors (Lipinski definition) is 1. The van der Waals surface area contributed by atoms with Crippen LogP contribution in [0, 0.1) is 0 Å². The van der Waals surface area contributed by atoms with Crippen molar-refractivity contribution in [1.82, 2.24) is 10.4 Å². The molecule has 5 heteroatoms. The number of benzene rings is 2. The summed E-state index contributed by atoms with van der Waals surface area (Å²) in [5.41, 5.74) is 3.92. The number of pyridine rings is 1. The van der Waals surface area contributed by atoms with E-state index < -0.39 is 0 Å². The number of fused-ring (bicyclic) bond motifs is 1. The molecule has 0 aliphatic heterocycles. The van der Waals surface area contributed by atoms with E-state index in [4.69, 9.17) is 4.74 Å². The van der Waals surface area contributed by atoms with E-state index in [1.807, 2.05) is 36.4 Å². The second kappa shape index (κ2) is 6.70. The number of amides is 1. The average molecular weight is 305 g/mol. The Bertz CT molecular complexity index is 861. The van der Waals surface area contributed by atoms with E-state index in [1.54, 1.807) is 37.9 Å². The first kappa shape index (κ1) is 14.7. The lowest BCUT2D eigenvalue weighted by molar-refractivity contribution is 0.0955. The van der Waals surface area contributed by atoms with Gasteiger partial charge < -0.3 is 4.74 Å². The van der Waals surface area contributed by atoms with E-state index in [9.17, 15) is 4.79 Å². The number of ether oxygens (including phenoxy) is 1. The monoisotopic (exact) mass is 305 g/mol. The molecule has 0 atom stereocenters. The first-order valence-electron chi connectivity index (χ1n) is 7.09. The van der Waals surface area contributed by atoms with Crippen molar-refractivity contribution in [2.75, 3.05) is 7.11 Å². The Balaban J connectivity index is 1.83. The van der Waals surface area contributed by atoms with Crippen molar-refractivity contribution in [3.63, 3.8) is 0 Å². The van der Waals surface area contributed by atoms with Crippen LogP contribution < -0.4 is 10.2 Å². The van der Waals surface area contributed by atoms with Crippen molar-refractivity contribution < 1.29 is 9.53 Å². The quantitative estimate of drug-likeness (QED) is 0.595. The maximum absolute atomic E-state index is 11.9. The second-order valence-electron chi connectivity index (χ2n) is 4.84. The Hall–Kier alpha value is -3.21. The van der Waals surface area contributed by atoms with E-state index in [2.05, 4.69) is 15.5 Å². The van der Waals surface area contributed by atoms with Crippen LogP contribution in [-0.4, -0.2) is 24.2 Å². The van der Waals surface area contributed by atoms with Gasteiger partial charge in [0.2, 0.25) is 0 Å². The molecule has 3 aromatic rings. The molecule has 0 aliphatic rings. The predicted octanol–water partition coefficient (Wildman–Crippen LogP) is 3.01. The van der Waals surface area contributed by atoms with Gasteiger partial charge >= 0.3 is 0 Å². The summed E-state index contributed by atoms with van der Waals surface area (Å²) >= 11 is 0. The number of nitrogens with zero attached hydrogens (tertiary/aromatic N) is 2. The second-order valence-corrected chi connectivity index (χ2v) is 4.84. The highest BCUT2D eigenvalue weighted by Gasteiger charge is 2.05. The molecule has 3 rings (SSSR count). The summed E-state index contributed by atoms with van der Waals surface area (Å²) in [6.07, 6.45) is 4.76. The van der Waals surface area contributed by atoms with Crippen molar-refractivity contribution in [3.8, 4) is 5.75 Å². The van der Waals surface area contributed by atoms with Gasteiger partial charge in [0.1, 0.15) is 5.75 Å². The van der Waals surface area contributed by atoms with Gasteiger partial charge in [-0.15, -0.1) is 0 Å². The zero-order valence-corrected chi connectivity index (χ0v) is 12.6. The molecule has 23 heavy (non-hydrogen) atoms. The summed E-state index contributed by atoms with van der Waals surface area (Å²) in [6, 6.07) is 14.9. The minimum Gasteiger partial charge on any atom is -0.496 e. The number of hydrazone groups is 1. The fourth-order valence-corrected chi connectivity index (χ4v) is 2.31. The zero-order valence-electron chi connectivity index (χ0n) is 12.6. The average Bonchev–Trinajstić information content (AvgIpc) is 2.62. The van der Waals surface area contributed by atoms with Crippen LogP contribution in [0.15, 0.2) is 66.0 Å². The molecule has 114 valence electrons. The Morgan fingerprint density at radius 3 is 2.57 bits per heavy atom. The summed E-state index contributed by atoms with van der Waals surface area (Å²) in [6.45, 7) is 0. The maximum atomic E-state index is 11.9. The van der Waals surface area contributed by atoms with Crippen LogP contribution in [0.2, 0.25) is 0 Å². The van der Waals surface area contributed by atoms with Crippen LogP contribution in [0.25, 0.3) is 10.8 Å². The summed E-state index contributed by atoms with van der Waals surface area (Å²) in [5.74, 6) is 0.528. The van der Waals surface area contributed by atoms with Crippen LogP contribution in [0.4, 0.5) is 0 Å². The third-order valence-electron chi connectivity index (χ3n) is 3.45. The molecule has 0 radical (unpaired) electrons. The van der Waals surface area contributed by atoms with Crippen LogP contribution in [0.3, 0.4) is 0 Å². The van der Waals surface area contributed by atoms with E-state index in [0.717, 1.165) is 22.1 Å². The van der Waals surface area contributed by atoms with Gasteiger partial charge in [0, 0.05) is 28.9 Å². The molecule has 0 fully saturated rings. The number of rotatable bonds is 4. The molecule has 0 aliphatic carbocycles. The number of aromatic nitrogens is 1. The van der Waals surface area contributed by atoms with Gasteiger partial charge in [0.05, 0.1) is 13.3 Å². The SMILES string of the molecule is COc1ccc(/C=N/NC(=O)c2ccncc2)c2ccccc12. The molecule has 5 nitrogen and oxygen atoms in total. The molecular formula is C18H15N3O2. The summed E-state index contributed by atoms with van der Waals surface area (Å²) in [5, 5.41) is 6.05. The van der Waals surface area contributed by atoms with Crippen molar-refractivity contribution >= 4 is 22.9 Å². The molecule has 2 aromatic carbocycles. The van der Waals surface area contributed by atoms with Crippen LogP contribution in [0.5, 0.6) is 5.75 Å². The number of carbonyl (C=O) groups excluding carboxylic acids is 1. The molecule has 0 bridgehead atoms. The molecule has 1 heterocycles. The first-order valence-corrected chi connectivity index (χ1v) is 7.09. The highest BCUT2D eigenvalue weighted by atomic mass is 16.5. The minimum absolute atomic E-state index is 0.276. The highest BCUT2D eigenvalue weighted by molar-refractivity contribution is 6.03. The van der Waals surface area contributed by atoms with Crippen molar-refractivity contribution in [2.45, 2.75) is 0 Å². The lowest BCUT2D eigenvalue weighted by Gasteiger charge is -2.07. The van der Waals surface area contributed by atoms with Gasteiger partial charge in [-0.2, -0.15) is 5.10 Å². The fourth-order valence-electron chi connectivity index (χ4n) is 2.31. The first-order chi connectivity index (χ1) is 11.3. The number of nitrogens with one attached hydrogen (secondary N) is 1. The molecule has 0 saturated carbocycles. The van der Waals surface area contributed by atoms with E-state index in [1.165, 1.54) is 0 Å². The summed E-state index contributed by atoms with van der Waals surface area (Å²) in [4.78, 5) is 15.8. The largest absolute Gasteiger partial charge is 0.496 e. The lowest BCUT2D eigenvalue weighted by atomic mass is 10.0. The van der Waals surface area contributed by atoms with Crippen molar-refractivity contribution in [1.29, 1.82) is 0 Å². The van der Waals surface area contributed by atoms with Gasteiger partial charge in [-0.1, -0.05) is 24.3 Å². The zero-order chi connectivity index (χ0) is 16.1. The smallest absolute Gasteiger partial charge is 0.271 e. The Morgan fingerprint density at radius 2 is 1.83 bits per heavy atom. The van der Waals surface area contributed by atoms with E-state index in [-0.39, 0.29) is 5.91 Å². The number of hydrogen-bond acceptors (Lipinski definition) is 4. The number of carbonyl (C=O) groups is 1. The summed E-state index contributed by atoms with van der Waals surface area (Å²) in [7, 11) is 1.64. The molecule has 0 unspecified atom stereocenters. The lowest BCUT2D eigenvalue weighted by Crippen LogP contribution is -2.17. The van der Waals surface area contributed by atoms with Crippen LogP contribution in [-0.2, 0) is 0 Å². The van der Waals surface area contributed by atoms with E-state index >= 15 is 0 Å². The molecule has 1 aromatic heterocycles. The molecule has 1 N–H and O–H groups in total. The third kappa shape index (κ3) is 3.18. The van der Waals surface area contributed by atoms with Crippen LogP contribution >= 0.6 is 0 Å². The van der Waals surface area contributed by atoms with Gasteiger partial charge in [-0.05, 0) is 29.7 Å². The topological polar surface area (TPSA) is 63.6 Å². The van der Waals surface area contributed by atoms with Gasteiger partial charge in [0.15, 0.2) is 0 Å². The van der Waals surface area contributed by atoms with Gasteiger partial charge in [-0.25, -0.2) is 5.43 Å². The molecular weight excluding hydrogens is 290 g/mol. The standard InChI is InChI=1S/C18H15N3O2/c1-23-17-7-6-14(15-4-2-3-5-16(15)17)12-20-21-18(22)13-8-10-19-11-9-13/h2-12H,1H3,(H,21,22)/b20-12+. The van der Waals surface area contributed by atoms with Gasteiger partial charge in [-0.3, -0.25) is 9.78 Å². The normalized spacial score (nSPS) is 10.8. The third-order valence-corrected chi connectivity index (χ3v) is 3.45. The van der Waals surface area contributed by atoms with E-state index in [0.29, 0.717) is 5.56 Å².